The molecule has 0 saturated carbocycles. The molecule has 0 aliphatic rings. The van der Waals surface area contributed by atoms with Crippen LogP contribution in [-0.2, 0) is 4.79 Å². The molecular weight excluding hydrogens is 122 g/mol. The Morgan fingerprint density at radius 3 is 2.11 bits per heavy atom. The summed E-state index contributed by atoms with van der Waals surface area (Å²) in [6.45, 7) is 0. The van der Waals surface area contributed by atoms with Crippen LogP contribution in [0, 0.1) is 0 Å². The van der Waals surface area contributed by atoms with Crippen molar-refractivity contribution in [3.05, 3.63) is 11.5 Å². The number of rotatable bonds is 2. The first kappa shape index (κ1) is 7.61. The summed E-state index contributed by atoms with van der Waals surface area (Å²) in [4.78, 5) is 10.00. The van der Waals surface area contributed by atoms with E-state index in [2.05, 4.69) is 5.32 Å². The van der Waals surface area contributed by atoms with E-state index < -0.39 is 5.97 Å². The van der Waals surface area contributed by atoms with Crippen molar-refractivity contribution in [1.29, 1.82) is 0 Å². The van der Waals surface area contributed by atoms with Gasteiger partial charge in [0.1, 0.15) is 5.82 Å². The number of nitrogens with two attached hydrogens (primary N) is 2. The molecule has 5 nitrogen and oxygen atoms in total. The number of nitrogens with one attached hydrogen (secondary N) is 1. The molecule has 52 valence electrons. The quantitative estimate of drug-likeness (QED) is 0.337. The van der Waals surface area contributed by atoms with Crippen LogP contribution in [0.25, 0.3) is 0 Å². The van der Waals surface area contributed by atoms with E-state index in [9.17, 15) is 4.79 Å². The summed E-state index contributed by atoms with van der Waals surface area (Å²) in [6, 6.07) is 0. The van der Waals surface area contributed by atoms with Crippen LogP contribution in [0.15, 0.2) is 11.5 Å². The van der Waals surface area contributed by atoms with Crippen LogP contribution in [0.2, 0.25) is 0 Å². The van der Waals surface area contributed by atoms with Crippen LogP contribution < -0.4 is 16.8 Å². The van der Waals surface area contributed by atoms with Gasteiger partial charge in [-0.15, -0.1) is 0 Å². The molecule has 0 aromatic rings. The van der Waals surface area contributed by atoms with Gasteiger partial charge in [0.05, 0.1) is 0 Å². The summed E-state index contributed by atoms with van der Waals surface area (Å²) >= 11 is 0. The molecule has 6 N–H and O–H groups in total. The van der Waals surface area contributed by atoms with Crippen LogP contribution in [0.1, 0.15) is 0 Å². The van der Waals surface area contributed by atoms with Gasteiger partial charge in [-0.1, -0.05) is 0 Å². The van der Waals surface area contributed by atoms with Crippen LogP contribution in [0.5, 0.6) is 0 Å². The number of hydrogen-bond acceptors (Lipinski definition) is 4. The van der Waals surface area contributed by atoms with Crippen molar-refractivity contribution < 1.29 is 9.90 Å². The summed E-state index contributed by atoms with van der Waals surface area (Å²) in [7, 11) is 1.49. The van der Waals surface area contributed by atoms with E-state index in [-0.39, 0.29) is 11.5 Å². The van der Waals surface area contributed by atoms with Gasteiger partial charge in [-0.05, 0) is 0 Å². The van der Waals surface area contributed by atoms with Crippen molar-refractivity contribution in [3.8, 4) is 0 Å². The molecule has 0 rings (SSSR count). The highest BCUT2D eigenvalue weighted by molar-refractivity contribution is 5.85. The largest absolute Gasteiger partial charge is 0.476 e. The molecule has 0 amide bonds. The maximum absolute atomic E-state index is 10.00. The van der Waals surface area contributed by atoms with E-state index in [1.807, 2.05) is 0 Å². The number of carboxylic acids is 1. The van der Waals surface area contributed by atoms with E-state index in [1.165, 1.54) is 7.05 Å². The first-order valence-corrected chi connectivity index (χ1v) is 2.26. The third kappa shape index (κ3) is 1.89. The minimum absolute atomic E-state index is 0.0255. The first-order valence-electron chi connectivity index (χ1n) is 2.26. The van der Waals surface area contributed by atoms with Crippen LogP contribution in [-0.4, -0.2) is 18.1 Å². The fourth-order valence-corrected chi connectivity index (χ4v) is 0.250. The van der Waals surface area contributed by atoms with Crippen LogP contribution >= 0.6 is 0 Å². The maximum atomic E-state index is 10.00. The molecule has 0 atom stereocenters. The summed E-state index contributed by atoms with van der Waals surface area (Å²) in [6.07, 6.45) is 0. The molecular formula is C4H9N3O2. The minimum atomic E-state index is -1.22. The van der Waals surface area contributed by atoms with Gasteiger partial charge in [0.2, 0.25) is 0 Å². The molecule has 0 saturated heterocycles. The monoisotopic (exact) mass is 131 g/mol. The van der Waals surface area contributed by atoms with Gasteiger partial charge in [0, 0.05) is 7.05 Å². The molecule has 9 heavy (non-hydrogen) atoms. The van der Waals surface area contributed by atoms with Crippen molar-refractivity contribution in [2.75, 3.05) is 7.05 Å². The maximum Gasteiger partial charge on any atom is 0.355 e. The highest BCUT2D eigenvalue weighted by Crippen LogP contribution is 1.83. The zero-order valence-corrected chi connectivity index (χ0v) is 5.01. The van der Waals surface area contributed by atoms with Crippen molar-refractivity contribution in [1.82, 2.24) is 5.32 Å². The second kappa shape index (κ2) is 2.81. The van der Waals surface area contributed by atoms with Crippen molar-refractivity contribution in [3.63, 3.8) is 0 Å². The molecule has 5 heteroatoms. The average molecular weight is 131 g/mol. The lowest BCUT2D eigenvalue weighted by molar-refractivity contribution is -0.132. The van der Waals surface area contributed by atoms with Crippen molar-refractivity contribution in [2.45, 2.75) is 0 Å². The Kier molecular flexibility index (Phi) is 2.37. The third-order valence-electron chi connectivity index (χ3n) is 0.790. The average Bonchev–Trinajstić information content (AvgIpc) is 1.84. The van der Waals surface area contributed by atoms with Gasteiger partial charge < -0.3 is 21.9 Å². The highest BCUT2D eigenvalue weighted by atomic mass is 16.4. The first-order chi connectivity index (χ1) is 4.09. The van der Waals surface area contributed by atoms with E-state index in [1.54, 1.807) is 0 Å². The topological polar surface area (TPSA) is 101 Å². The lowest BCUT2D eigenvalue weighted by Gasteiger charge is -1.99. The zero-order chi connectivity index (χ0) is 7.44. The molecule has 0 aliphatic carbocycles. The van der Waals surface area contributed by atoms with Gasteiger partial charge in [-0.2, -0.15) is 0 Å². The highest BCUT2D eigenvalue weighted by Gasteiger charge is 2.04. The summed E-state index contributed by atoms with van der Waals surface area (Å²) in [5.74, 6) is -1.25. The second-order valence-corrected chi connectivity index (χ2v) is 1.38. The fraction of sp³-hybridized carbons (Fsp3) is 0.250. The van der Waals surface area contributed by atoms with Gasteiger partial charge in [0.15, 0.2) is 5.70 Å². The Morgan fingerprint density at radius 2 is 2.00 bits per heavy atom. The van der Waals surface area contributed by atoms with E-state index in [0.717, 1.165) is 0 Å². The Hall–Kier alpha value is -1.39. The molecule has 0 radical (unpaired) electrons. The van der Waals surface area contributed by atoms with Gasteiger partial charge >= 0.3 is 5.97 Å². The lowest BCUT2D eigenvalue weighted by Crippen LogP contribution is -2.25. The Morgan fingerprint density at radius 1 is 1.56 bits per heavy atom. The van der Waals surface area contributed by atoms with E-state index >= 15 is 0 Å². The molecule has 0 aromatic heterocycles. The third-order valence-corrected chi connectivity index (χ3v) is 0.790. The normalized spacial score (nSPS) is 12.1. The fourth-order valence-electron chi connectivity index (χ4n) is 0.250. The zero-order valence-electron chi connectivity index (χ0n) is 5.01. The molecule has 0 unspecified atom stereocenters. The van der Waals surface area contributed by atoms with E-state index in [4.69, 9.17) is 16.6 Å². The lowest BCUT2D eigenvalue weighted by atomic mass is 10.4. The molecule has 0 aliphatic heterocycles. The van der Waals surface area contributed by atoms with Gasteiger partial charge in [-0.25, -0.2) is 4.79 Å². The Balaban J connectivity index is 4.28. The van der Waals surface area contributed by atoms with Crippen molar-refractivity contribution >= 4 is 5.97 Å². The molecule has 0 bridgehead atoms. The molecule has 0 spiro atoms. The van der Waals surface area contributed by atoms with Gasteiger partial charge in [-0.3, -0.25) is 0 Å². The number of hydrogen-bond donors (Lipinski definition) is 4. The predicted molar refractivity (Wildman–Crippen MR) is 32.1 cm³/mol. The standard InChI is InChI=1S/C4H9N3O2/c1-7-3(6)2(5)4(8)9/h7H,5-6H2,1H3,(H,8,9)/b3-2+. The van der Waals surface area contributed by atoms with Crippen LogP contribution in [0.4, 0.5) is 0 Å². The minimum Gasteiger partial charge on any atom is -0.476 e. The number of carbonyl (C=O) groups is 1. The second-order valence-electron chi connectivity index (χ2n) is 1.38. The Bertz CT molecular complexity index is 152. The molecule has 0 fully saturated rings. The number of carboxylic acid groups (broad SMARTS) is 1. The SMILES string of the molecule is CN/C(N)=C(/N)C(=O)O. The smallest absolute Gasteiger partial charge is 0.355 e. The molecule has 0 heterocycles. The van der Waals surface area contributed by atoms with E-state index in [0.29, 0.717) is 0 Å². The Labute approximate surface area is 52.3 Å². The van der Waals surface area contributed by atoms with Gasteiger partial charge in [0.25, 0.3) is 0 Å². The summed E-state index contributed by atoms with van der Waals surface area (Å²) in [5.41, 5.74) is 9.68. The van der Waals surface area contributed by atoms with Crippen LogP contribution in [0.3, 0.4) is 0 Å². The summed E-state index contributed by atoms with van der Waals surface area (Å²) < 4.78 is 0. The number of aliphatic carboxylic acids is 1. The summed E-state index contributed by atoms with van der Waals surface area (Å²) in [5, 5.41) is 10.6. The predicted octanol–water partition coefficient (Wildman–Crippen LogP) is -1.62. The molecule has 0 aromatic carbocycles. The van der Waals surface area contributed by atoms with Crippen molar-refractivity contribution in [2.24, 2.45) is 11.5 Å².